The number of alkyl halides is 3. The predicted molar refractivity (Wildman–Crippen MR) is 89.8 cm³/mol. The van der Waals surface area contributed by atoms with Gasteiger partial charge in [-0.3, -0.25) is 4.98 Å². The molecule has 0 saturated heterocycles. The summed E-state index contributed by atoms with van der Waals surface area (Å²) in [6.07, 6.45) is -1.64. The molecule has 0 atom stereocenters. The SMILES string of the molecule is CC(C)c1ccnc(-c2nsc(Nc3cc(C(F)(F)F)ccn3)n2)c1. The highest BCUT2D eigenvalue weighted by Gasteiger charge is 2.30. The number of pyridine rings is 2. The fourth-order valence-electron chi connectivity index (χ4n) is 2.09. The van der Waals surface area contributed by atoms with Gasteiger partial charge in [-0.1, -0.05) is 13.8 Å². The molecule has 0 aromatic carbocycles. The lowest BCUT2D eigenvalue weighted by Gasteiger charge is -2.07. The molecule has 0 aliphatic carbocycles. The number of rotatable bonds is 4. The average Bonchev–Trinajstić information content (AvgIpc) is 3.03. The minimum absolute atomic E-state index is 0.0569. The van der Waals surface area contributed by atoms with Gasteiger partial charge < -0.3 is 5.32 Å². The molecule has 0 unspecified atom stereocenters. The van der Waals surface area contributed by atoms with Crippen molar-refractivity contribution < 1.29 is 13.2 Å². The Morgan fingerprint density at radius 1 is 1.08 bits per heavy atom. The van der Waals surface area contributed by atoms with Crippen molar-refractivity contribution in [2.45, 2.75) is 25.9 Å². The summed E-state index contributed by atoms with van der Waals surface area (Å²) in [4.78, 5) is 12.4. The van der Waals surface area contributed by atoms with Crippen molar-refractivity contribution in [3.8, 4) is 11.5 Å². The normalized spacial score (nSPS) is 11.8. The lowest BCUT2D eigenvalue weighted by molar-refractivity contribution is -0.137. The van der Waals surface area contributed by atoms with Crippen LogP contribution in [0.2, 0.25) is 0 Å². The second kappa shape index (κ2) is 6.75. The Kier molecular flexibility index (Phi) is 4.67. The van der Waals surface area contributed by atoms with Crippen LogP contribution in [-0.2, 0) is 6.18 Å². The molecule has 0 radical (unpaired) electrons. The maximum Gasteiger partial charge on any atom is 0.416 e. The minimum atomic E-state index is -4.42. The lowest BCUT2D eigenvalue weighted by Crippen LogP contribution is -2.06. The molecular weight excluding hydrogens is 351 g/mol. The molecule has 0 saturated carbocycles. The Labute approximate surface area is 146 Å². The number of nitrogens with one attached hydrogen (secondary N) is 1. The average molecular weight is 365 g/mol. The number of anilines is 2. The summed E-state index contributed by atoms with van der Waals surface area (Å²) in [7, 11) is 0. The fraction of sp³-hybridized carbons (Fsp3) is 0.250. The van der Waals surface area contributed by atoms with Crippen LogP contribution in [-0.4, -0.2) is 19.3 Å². The summed E-state index contributed by atoms with van der Waals surface area (Å²) in [6.45, 7) is 4.14. The van der Waals surface area contributed by atoms with Crippen LogP contribution < -0.4 is 5.32 Å². The lowest BCUT2D eigenvalue weighted by atomic mass is 10.0. The second-order valence-corrected chi connectivity index (χ2v) is 6.36. The van der Waals surface area contributed by atoms with Gasteiger partial charge in [-0.05, 0) is 35.7 Å². The van der Waals surface area contributed by atoms with Crippen molar-refractivity contribution in [3.05, 3.63) is 47.8 Å². The smallest absolute Gasteiger partial charge is 0.315 e. The Morgan fingerprint density at radius 2 is 1.84 bits per heavy atom. The third kappa shape index (κ3) is 4.11. The molecule has 25 heavy (non-hydrogen) atoms. The third-order valence-electron chi connectivity index (χ3n) is 3.43. The first-order valence-corrected chi connectivity index (χ1v) is 8.20. The number of aromatic nitrogens is 4. The van der Waals surface area contributed by atoms with Crippen molar-refractivity contribution in [3.63, 3.8) is 0 Å². The van der Waals surface area contributed by atoms with Crippen LogP contribution in [0.1, 0.15) is 30.9 Å². The molecule has 3 heterocycles. The zero-order chi connectivity index (χ0) is 18.0. The molecule has 3 rings (SSSR count). The summed E-state index contributed by atoms with van der Waals surface area (Å²) in [5, 5.41) is 3.10. The molecule has 0 bridgehead atoms. The van der Waals surface area contributed by atoms with Crippen molar-refractivity contribution in [2.24, 2.45) is 0 Å². The highest BCUT2D eigenvalue weighted by Crippen LogP contribution is 2.31. The van der Waals surface area contributed by atoms with Crippen molar-refractivity contribution in [1.82, 2.24) is 19.3 Å². The van der Waals surface area contributed by atoms with E-state index >= 15 is 0 Å². The van der Waals surface area contributed by atoms with E-state index in [9.17, 15) is 13.2 Å². The van der Waals surface area contributed by atoms with Gasteiger partial charge in [-0.15, -0.1) is 0 Å². The Hall–Kier alpha value is -2.55. The Bertz CT molecular complexity index is 876. The van der Waals surface area contributed by atoms with Crippen molar-refractivity contribution in [2.75, 3.05) is 5.32 Å². The summed E-state index contributed by atoms with van der Waals surface area (Å²) >= 11 is 1.03. The minimum Gasteiger partial charge on any atom is -0.315 e. The van der Waals surface area contributed by atoms with E-state index in [1.165, 1.54) is 0 Å². The fourth-order valence-corrected chi connectivity index (χ4v) is 2.68. The van der Waals surface area contributed by atoms with Gasteiger partial charge in [0.25, 0.3) is 0 Å². The van der Waals surface area contributed by atoms with Crippen molar-refractivity contribution >= 4 is 22.5 Å². The predicted octanol–water partition coefficient (Wildman–Crippen LogP) is 4.88. The first kappa shape index (κ1) is 17.3. The zero-order valence-corrected chi connectivity index (χ0v) is 14.2. The van der Waals surface area contributed by atoms with Gasteiger partial charge in [0.15, 0.2) is 5.82 Å². The largest absolute Gasteiger partial charge is 0.416 e. The highest BCUT2D eigenvalue weighted by molar-refractivity contribution is 7.09. The quantitative estimate of drug-likeness (QED) is 0.714. The van der Waals surface area contributed by atoms with Crippen LogP contribution >= 0.6 is 11.5 Å². The van der Waals surface area contributed by atoms with E-state index in [0.717, 1.165) is 35.4 Å². The van der Waals surface area contributed by atoms with Crippen LogP contribution in [0.4, 0.5) is 24.1 Å². The van der Waals surface area contributed by atoms with Crippen LogP contribution in [0.25, 0.3) is 11.5 Å². The molecule has 0 aliphatic heterocycles. The molecular formula is C16H14F3N5S. The third-order valence-corrected chi connectivity index (χ3v) is 4.06. The summed E-state index contributed by atoms with van der Waals surface area (Å²) < 4.78 is 42.4. The Balaban J connectivity index is 1.82. The highest BCUT2D eigenvalue weighted by atomic mass is 32.1. The van der Waals surface area contributed by atoms with Gasteiger partial charge in [-0.2, -0.15) is 22.5 Å². The van der Waals surface area contributed by atoms with E-state index in [2.05, 4.69) is 38.5 Å². The molecule has 1 N–H and O–H groups in total. The van der Waals surface area contributed by atoms with Crippen LogP contribution in [0, 0.1) is 0 Å². The zero-order valence-electron chi connectivity index (χ0n) is 13.4. The molecule has 0 fully saturated rings. The molecule has 0 spiro atoms. The molecule has 3 aromatic heterocycles. The van der Waals surface area contributed by atoms with E-state index in [1.54, 1.807) is 6.20 Å². The number of halogens is 3. The van der Waals surface area contributed by atoms with E-state index in [0.29, 0.717) is 22.6 Å². The number of nitrogens with zero attached hydrogens (tertiary/aromatic N) is 4. The first-order valence-electron chi connectivity index (χ1n) is 7.43. The van der Waals surface area contributed by atoms with Crippen LogP contribution in [0.5, 0.6) is 0 Å². The van der Waals surface area contributed by atoms with E-state index in [-0.39, 0.29) is 5.82 Å². The molecule has 0 aliphatic rings. The van der Waals surface area contributed by atoms with Gasteiger partial charge in [0.1, 0.15) is 11.5 Å². The number of hydrogen-bond donors (Lipinski definition) is 1. The summed E-state index contributed by atoms with van der Waals surface area (Å²) in [6, 6.07) is 5.67. The molecule has 0 amide bonds. The number of hydrogen-bond acceptors (Lipinski definition) is 6. The molecule has 5 nitrogen and oxygen atoms in total. The van der Waals surface area contributed by atoms with Gasteiger partial charge >= 0.3 is 6.18 Å². The van der Waals surface area contributed by atoms with Crippen molar-refractivity contribution in [1.29, 1.82) is 0 Å². The van der Waals surface area contributed by atoms with Gasteiger partial charge in [0, 0.05) is 23.9 Å². The molecule has 3 aromatic rings. The molecule has 9 heteroatoms. The standard InChI is InChI=1S/C16H14F3N5S/c1-9(2)10-3-5-20-12(7-10)14-23-15(25-24-14)22-13-8-11(4-6-21-13)16(17,18)19/h3-9H,1-2H3,(H,21,22,23,24). The van der Waals surface area contributed by atoms with E-state index in [1.807, 2.05) is 12.1 Å². The maximum atomic E-state index is 12.7. The maximum absolute atomic E-state index is 12.7. The van der Waals surface area contributed by atoms with Gasteiger partial charge in [0.05, 0.1) is 5.56 Å². The first-order chi connectivity index (χ1) is 11.8. The van der Waals surface area contributed by atoms with E-state index < -0.39 is 11.7 Å². The summed E-state index contributed by atoms with van der Waals surface area (Å²) in [5.41, 5.74) is 0.947. The van der Waals surface area contributed by atoms with Crippen LogP contribution in [0.3, 0.4) is 0 Å². The monoisotopic (exact) mass is 365 g/mol. The topological polar surface area (TPSA) is 63.6 Å². The summed E-state index contributed by atoms with van der Waals surface area (Å²) in [5.74, 6) is 0.815. The Morgan fingerprint density at radius 3 is 2.56 bits per heavy atom. The van der Waals surface area contributed by atoms with Gasteiger partial charge in [-0.25, -0.2) is 4.98 Å². The molecule has 130 valence electrons. The van der Waals surface area contributed by atoms with Crippen LogP contribution in [0.15, 0.2) is 36.7 Å². The van der Waals surface area contributed by atoms with Gasteiger partial charge in [0.2, 0.25) is 5.13 Å². The second-order valence-electron chi connectivity index (χ2n) is 5.60. The van der Waals surface area contributed by atoms with E-state index in [4.69, 9.17) is 0 Å².